The molecule has 0 fully saturated rings. The maximum atomic E-state index is 5.26. The monoisotopic (exact) mass is 649 g/mol. The second-order valence-corrected chi connectivity index (χ2v) is 13.4. The van der Waals surface area contributed by atoms with Crippen LogP contribution in [0.3, 0.4) is 0 Å². The van der Waals surface area contributed by atoms with Crippen molar-refractivity contribution >= 4 is 92.9 Å². The van der Waals surface area contributed by atoms with Crippen LogP contribution < -0.4 is 0 Å². The predicted octanol–water partition coefficient (Wildman–Crippen LogP) is 11.5. The van der Waals surface area contributed by atoms with Gasteiger partial charge in [-0.15, -0.1) is 0 Å². The lowest BCUT2D eigenvalue weighted by Gasteiger charge is -2.15. The zero-order chi connectivity index (χ0) is 33.2. The summed E-state index contributed by atoms with van der Waals surface area (Å²) in [6.45, 7) is 0. The first kappa shape index (κ1) is 26.9. The van der Waals surface area contributed by atoms with Crippen LogP contribution in [0.15, 0.2) is 164 Å². The minimum Gasteiger partial charge on any atom is -0.307 e. The van der Waals surface area contributed by atoms with Crippen LogP contribution in [0.5, 0.6) is 0 Å². The van der Waals surface area contributed by atoms with E-state index < -0.39 is 0 Å². The van der Waals surface area contributed by atoms with Gasteiger partial charge in [0.25, 0.3) is 0 Å². The molecule has 5 nitrogen and oxygen atoms in total. The summed E-state index contributed by atoms with van der Waals surface area (Å²) < 4.78 is 7.26. The highest BCUT2D eigenvalue weighted by molar-refractivity contribution is 6.25. The Kier molecular flexibility index (Phi) is 5.17. The van der Waals surface area contributed by atoms with Gasteiger partial charge in [0.05, 0.1) is 49.5 Å². The zero-order valence-corrected chi connectivity index (χ0v) is 27.3. The molecular formula is C46H27N5. The lowest BCUT2D eigenvalue weighted by molar-refractivity contribution is 1.15. The highest BCUT2D eigenvalue weighted by atomic mass is 15.1. The van der Waals surface area contributed by atoms with Crippen molar-refractivity contribution < 1.29 is 0 Å². The van der Waals surface area contributed by atoms with Gasteiger partial charge in [0, 0.05) is 49.9 Å². The van der Waals surface area contributed by atoms with Gasteiger partial charge >= 0.3 is 0 Å². The number of fused-ring (bicyclic) bond motifs is 17. The van der Waals surface area contributed by atoms with Gasteiger partial charge in [0.15, 0.2) is 0 Å². The number of para-hydroxylation sites is 5. The molecule has 0 bridgehead atoms. The number of hydrogen-bond acceptors (Lipinski definition) is 2. The molecule has 0 aliphatic carbocycles. The molecule has 51 heavy (non-hydrogen) atoms. The van der Waals surface area contributed by atoms with Crippen molar-refractivity contribution in [2.24, 2.45) is 0 Å². The summed E-state index contributed by atoms with van der Waals surface area (Å²) in [4.78, 5) is 10.1. The summed E-state index contributed by atoms with van der Waals surface area (Å²) in [5.74, 6) is 0. The predicted molar refractivity (Wildman–Crippen MR) is 212 cm³/mol. The normalized spacial score (nSPS) is 12.3. The van der Waals surface area contributed by atoms with E-state index in [9.17, 15) is 0 Å². The number of benzene rings is 7. The second-order valence-electron chi connectivity index (χ2n) is 13.4. The highest BCUT2D eigenvalue weighted by Crippen LogP contribution is 2.43. The van der Waals surface area contributed by atoms with Crippen LogP contribution in [0, 0.1) is 0 Å². The van der Waals surface area contributed by atoms with Crippen LogP contribution >= 0.6 is 0 Å². The third kappa shape index (κ3) is 3.49. The number of pyridine rings is 2. The van der Waals surface area contributed by atoms with E-state index in [2.05, 4.69) is 165 Å². The Bertz CT molecular complexity index is 3420. The molecule has 0 spiro atoms. The van der Waals surface area contributed by atoms with E-state index in [4.69, 9.17) is 9.97 Å². The summed E-state index contributed by atoms with van der Waals surface area (Å²) in [6.07, 6.45) is 1.88. The number of rotatable bonds is 2. The molecule has 0 unspecified atom stereocenters. The van der Waals surface area contributed by atoms with Crippen LogP contribution in [-0.4, -0.2) is 23.5 Å². The van der Waals surface area contributed by atoms with Gasteiger partial charge in [-0.2, -0.15) is 0 Å². The first-order valence-corrected chi connectivity index (χ1v) is 17.3. The SMILES string of the molecule is c1ccc(-n2c3ccccc3c3ccc4c5ccccc5n(-c5ccc6c7ccc8cccnc8c7c7nc8ccccc8n7c6c5)c4c32)cc1. The summed E-state index contributed by atoms with van der Waals surface area (Å²) >= 11 is 0. The molecule has 5 heteroatoms. The second kappa shape index (κ2) is 9.80. The Morgan fingerprint density at radius 2 is 1.02 bits per heavy atom. The third-order valence-corrected chi connectivity index (χ3v) is 10.8. The summed E-state index contributed by atoms with van der Waals surface area (Å²) in [6, 6.07) is 56.9. The van der Waals surface area contributed by atoms with Crippen molar-refractivity contribution in [3.8, 4) is 11.4 Å². The molecule has 5 aromatic heterocycles. The molecule has 0 N–H and O–H groups in total. The quantitative estimate of drug-likeness (QED) is 0.175. The zero-order valence-electron chi connectivity index (χ0n) is 27.3. The molecule has 0 amide bonds. The molecule has 236 valence electrons. The van der Waals surface area contributed by atoms with Gasteiger partial charge in [-0.25, -0.2) is 4.98 Å². The van der Waals surface area contributed by atoms with Crippen molar-refractivity contribution in [3.63, 3.8) is 0 Å². The molecule has 12 aromatic rings. The van der Waals surface area contributed by atoms with Gasteiger partial charge in [0.2, 0.25) is 0 Å². The first-order chi connectivity index (χ1) is 25.3. The van der Waals surface area contributed by atoms with Crippen molar-refractivity contribution in [3.05, 3.63) is 164 Å². The fraction of sp³-hybridized carbons (Fsp3) is 0. The maximum Gasteiger partial charge on any atom is 0.148 e. The Morgan fingerprint density at radius 3 is 1.78 bits per heavy atom. The van der Waals surface area contributed by atoms with Crippen LogP contribution in [-0.2, 0) is 0 Å². The van der Waals surface area contributed by atoms with E-state index in [1.807, 2.05) is 12.3 Å². The molecule has 0 atom stereocenters. The van der Waals surface area contributed by atoms with E-state index in [-0.39, 0.29) is 0 Å². The van der Waals surface area contributed by atoms with Crippen LogP contribution in [0.25, 0.3) is 104 Å². The third-order valence-electron chi connectivity index (χ3n) is 10.8. The standard InChI is InChI=1S/C46H27N5/c1-2-12-29(13-3-1)49-38-17-7-4-14-31(38)35-24-25-36-32-15-5-8-18-39(32)50(45(36)44(35)49)30-21-23-33-34-22-20-28-11-10-26-47-43(28)42(34)46-48-37-16-6-9-19-40(37)51(46)41(33)27-30/h1-27H. The molecule has 0 aliphatic rings. The number of imidazole rings is 1. The van der Waals surface area contributed by atoms with Crippen LogP contribution in [0.4, 0.5) is 0 Å². The average molecular weight is 650 g/mol. The van der Waals surface area contributed by atoms with E-state index in [1.54, 1.807) is 0 Å². The van der Waals surface area contributed by atoms with Crippen molar-refractivity contribution in [2.45, 2.75) is 0 Å². The van der Waals surface area contributed by atoms with Crippen molar-refractivity contribution in [1.29, 1.82) is 0 Å². The van der Waals surface area contributed by atoms with Gasteiger partial charge < -0.3 is 9.13 Å². The van der Waals surface area contributed by atoms with E-state index in [1.165, 1.54) is 49.0 Å². The summed E-state index contributed by atoms with van der Waals surface area (Å²) in [5, 5.41) is 9.45. The van der Waals surface area contributed by atoms with Gasteiger partial charge in [-0.3, -0.25) is 9.38 Å². The largest absolute Gasteiger partial charge is 0.307 e. The maximum absolute atomic E-state index is 5.26. The minimum atomic E-state index is 0.925. The molecular weight excluding hydrogens is 623 g/mol. The van der Waals surface area contributed by atoms with Crippen molar-refractivity contribution in [2.75, 3.05) is 0 Å². The topological polar surface area (TPSA) is 40.0 Å². The van der Waals surface area contributed by atoms with Gasteiger partial charge in [-0.05, 0) is 60.0 Å². The highest BCUT2D eigenvalue weighted by Gasteiger charge is 2.22. The van der Waals surface area contributed by atoms with Crippen LogP contribution in [0.1, 0.15) is 0 Å². The number of hydrogen-bond donors (Lipinski definition) is 0. The Hall–Kier alpha value is -6.98. The molecule has 0 saturated carbocycles. The molecule has 12 rings (SSSR count). The Balaban J connectivity index is 1.29. The molecule has 7 aromatic carbocycles. The molecule has 0 radical (unpaired) electrons. The Morgan fingerprint density at radius 1 is 0.412 bits per heavy atom. The summed E-state index contributed by atoms with van der Waals surface area (Å²) in [7, 11) is 0. The van der Waals surface area contributed by atoms with Gasteiger partial charge in [-0.1, -0.05) is 103 Å². The van der Waals surface area contributed by atoms with Gasteiger partial charge in [0.1, 0.15) is 5.65 Å². The number of nitrogens with zero attached hydrogens (tertiary/aromatic N) is 5. The Labute approximate surface area is 290 Å². The molecule has 0 saturated heterocycles. The van der Waals surface area contributed by atoms with Crippen molar-refractivity contribution in [1.82, 2.24) is 23.5 Å². The number of aromatic nitrogens is 5. The van der Waals surface area contributed by atoms with Crippen LogP contribution in [0.2, 0.25) is 0 Å². The fourth-order valence-corrected chi connectivity index (χ4v) is 8.72. The van der Waals surface area contributed by atoms with E-state index in [0.717, 1.165) is 55.2 Å². The van der Waals surface area contributed by atoms with E-state index in [0.29, 0.717) is 0 Å². The minimum absolute atomic E-state index is 0.925. The smallest absolute Gasteiger partial charge is 0.148 e. The van der Waals surface area contributed by atoms with E-state index >= 15 is 0 Å². The summed E-state index contributed by atoms with van der Waals surface area (Å²) in [5.41, 5.74) is 12.1. The lowest BCUT2D eigenvalue weighted by atomic mass is 10.0. The molecule has 5 heterocycles. The first-order valence-electron chi connectivity index (χ1n) is 17.3. The lowest BCUT2D eigenvalue weighted by Crippen LogP contribution is -2.00. The molecule has 0 aliphatic heterocycles. The fourth-order valence-electron chi connectivity index (χ4n) is 8.72. The average Bonchev–Trinajstić information content (AvgIpc) is 3.86.